The van der Waals surface area contributed by atoms with Crippen LogP contribution in [0.4, 0.5) is 20.3 Å². The number of aromatic nitrogens is 2. The van der Waals surface area contributed by atoms with E-state index in [4.69, 9.17) is 0 Å². The van der Waals surface area contributed by atoms with Gasteiger partial charge in [-0.05, 0) is 24.3 Å². The van der Waals surface area contributed by atoms with Gasteiger partial charge in [-0.3, -0.25) is 4.79 Å². The number of benzene rings is 1. The average molecular weight is 264 g/mol. The van der Waals surface area contributed by atoms with Gasteiger partial charge in [0.05, 0.1) is 5.69 Å². The molecule has 2 aromatic rings. The molecule has 0 aliphatic rings. The van der Waals surface area contributed by atoms with E-state index in [1.54, 1.807) is 13.1 Å². The minimum atomic E-state index is -0.727. The fourth-order valence-electron chi connectivity index (χ4n) is 1.37. The molecule has 7 heteroatoms. The van der Waals surface area contributed by atoms with Gasteiger partial charge in [0.25, 0.3) is 5.91 Å². The lowest BCUT2D eigenvalue weighted by Crippen LogP contribution is -2.15. The number of halogens is 2. The van der Waals surface area contributed by atoms with Crippen LogP contribution in [0.1, 0.15) is 10.5 Å². The van der Waals surface area contributed by atoms with Gasteiger partial charge < -0.3 is 10.6 Å². The summed E-state index contributed by atoms with van der Waals surface area (Å²) in [5.74, 6) is -1.55. The number of nitrogens with zero attached hydrogens (tertiary/aromatic N) is 2. The Bertz CT molecular complexity index is 601. The molecule has 0 saturated carbocycles. The highest BCUT2D eigenvalue weighted by Gasteiger charge is 2.11. The fraction of sp³-hybridized carbons (Fsp3) is 0.0833. The molecule has 0 aliphatic heterocycles. The maximum atomic E-state index is 13.3. The van der Waals surface area contributed by atoms with E-state index in [1.165, 1.54) is 6.07 Å². The van der Waals surface area contributed by atoms with E-state index in [0.717, 1.165) is 18.2 Å². The Morgan fingerprint density at radius 3 is 2.58 bits per heavy atom. The molecule has 0 atom stereocenters. The molecular weight excluding hydrogens is 254 g/mol. The summed E-state index contributed by atoms with van der Waals surface area (Å²) in [7, 11) is 1.66. The second kappa shape index (κ2) is 5.38. The largest absolute Gasteiger partial charge is 0.372 e. The predicted octanol–water partition coefficient (Wildman–Crippen LogP) is 2.05. The first-order valence-corrected chi connectivity index (χ1v) is 5.38. The van der Waals surface area contributed by atoms with Crippen molar-refractivity contribution in [3.05, 3.63) is 47.7 Å². The van der Waals surface area contributed by atoms with E-state index < -0.39 is 17.5 Å². The van der Waals surface area contributed by atoms with Gasteiger partial charge in [-0.25, -0.2) is 8.78 Å². The second-order valence-corrected chi connectivity index (χ2v) is 3.63. The zero-order valence-electron chi connectivity index (χ0n) is 9.95. The molecule has 98 valence electrons. The number of nitrogens with one attached hydrogen (secondary N) is 2. The number of anilines is 2. The predicted molar refractivity (Wildman–Crippen MR) is 65.9 cm³/mol. The molecular formula is C12H10F2N4O. The van der Waals surface area contributed by atoms with Crippen LogP contribution in [-0.4, -0.2) is 23.2 Å². The Balaban J connectivity index is 2.18. The molecule has 0 radical (unpaired) electrons. The van der Waals surface area contributed by atoms with Gasteiger partial charge in [0.2, 0.25) is 0 Å². The second-order valence-electron chi connectivity index (χ2n) is 3.63. The molecule has 5 nitrogen and oxygen atoms in total. The van der Waals surface area contributed by atoms with Crippen LogP contribution in [0, 0.1) is 11.6 Å². The number of hydrogen-bond donors (Lipinski definition) is 2. The Hall–Kier alpha value is -2.57. The van der Waals surface area contributed by atoms with Crippen molar-refractivity contribution >= 4 is 17.4 Å². The van der Waals surface area contributed by atoms with Gasteiger partial charge in [-0.2, -0.15) is 0 Å². The van der Waals surface area contributed by atoms with E-state index >= 15 is 0 Å². The first-order valence-electron chi connectivity index (χ1n) is 5.38. The highest BCUT2D eigenvalue weighted by molar-refractivity contribution is 6.02. The Morgan fingerprint density at radius 1 is 1.16 bits per heavy atom. The van der Waals surface area contributed by atoms with E-state index in [9.17, 15) is 13.6 Å². The Kier molecular flexibility index (Phi) is 3.65. The number of carbonyl (C=O) groups is 1. The summed E-state index contributed by atoms with van der Waals surface area (Å²) >= 11 is 0. The molecule has 0 unspecified atom stereocenters. The molecule has 1 amide bonds. The third kappa shape index (κ3) is 3.01. The molecule has 0 fully saturated rings. The SMILES string of the molecule is CNc1ccc(C(=O)Nc2cc(F)ccc2F)nn1. The number of rotatable bonds is 3. The molecule has 2 N–H and O–H groups in total. The lowest BCUT2D eigenvalue weighted by atomic mass is 10.2. The average Bonchev–Trinajstić information content (AvgIpc) is 2.43. The molecule has 1 heterocycles. The summed E-state index contributed by atoms with van der Waals surface area (Å²) in [6.07, 6.45) is 0. The summed E-state index contributed by atoms with van der Waals surface area (Å²) in [6.45, 7) is 0. The van der Waals surface area contributed by atoms with Gasteiger partial charge in [-0.1, -0.05) is 0 Å². The fourth-order valence-corrected chi connectivity index (χ4v) is 1.37. The summed E-state index contributed by atoms with van der Waals surface area (Å²) in [5.41, 5.74) is -0.243. The normalized spacial score (nSPS) is 10.1. The summed E-state index contributed by atoms with van der Waals surface area (Å²) in [4.78, 5) is 11.8. The first kappa shape index (κ1) is 12.9. The van der Waals surface area contributed by atoms with Gasteiger partial charge >= 0.3 is 0 Å². The van der Waals surface area contributed by atoms with Crippen LogP contribution in [0.2, 0.25) is 0 Å². The lowest BCUT2D eigenvalue weighted by molar-refractivity contribution is 0.102. The van der Waals surface area contributed by atoms with Crippen molar-refractivity contribution in [1.82, 2.24) is 10.2 Å². The van der Waals surface area contributed by atoms with Crippen LogP contribution >= 0.6 is 0 Å². The lowest BCUT2D eigenvalue weighted by Gasteiger charge is -2.06. The first-order chi connectivity index (χ1) is 9.10. The monoisotopic (exact) mass is 264 g/mol. The van der Waals surface area contributed by atoms with Gasteiger partial charge in [0.1, 0.15) is 17.5 Å². The topological polar surface area (TPSA) is 66.9 Å². The van der Waals surface area contributed by atoms with Crippen LogP contribution < -0.4 is 10.6 Å². The molecule has 19 heavy (non-hydrogen) atoms. The molecule has 2 rings (SSSR count). The molecule has 0 spiro atoms. The Labute approximate surface area is 107 Å². The van der Waals surface area contributed by atoms with E-state index in [0.29, 0.717) is 5.82 Å². The molecule has 0 bridgehead atoms. The Morgan fingerprint density at radius 2 is 1.95 bits per heavy atom. The molecule has 0 aliphatic carbocycles. The molecule has 0 saturated heterocycles. The standard InChI is InChI=1S/C12H10F2N4O/c1-15-11-5-4-9(17-18-11)12(19)16-10-6-7(13)2-3-8(10)14/h2-6H,1H3,(H,15,18)(H,16,19). The zero-order chi connectivity index (χ0) is 13.8. The highest BCUT2D eigenvalue weighted by Crippen LogP contribution is 2.16. The van der Waals surface area contributed by atoms with Crippen LogP contribution in [0.15, 0.2) is 30.3 Å². The maximum absolute atomic E-state index is 13.3. The van der Waals surface area contributed by atoms with Crippen LogP contribution in [-0.2, 0) is 0 Å². The van der Waals surface area contributed by atoms with Crippen molar-refractivity contribution in [1.29, 1.82) is 0 Å². The van der Waals surface area contributed by atoms with Crippen molar-refractivity contribution < 1.29 is 13.6 Å². The summed E-state index contributed by atoms with van der Waals surface area (Å²) < 4.78 is 26.3. The minimum Gasteiger partial charge on any atom is -0.372 e. The highest BCUT2D eigenvalue weighted by atomic mass is 19.1. The van der Waals surface area contributed by atoms with E-state index in [2.05, 4.69) is 20.8 Å². The summed E-state index contributed by atoms with van der Waals surface area (Å²) in [6, 6.07) is 5.76. The smallest absolute Gasteiger partial charge is 0.276 e. The van der Waals surface area contributed by atoms with Crippen molar-refractivity contribution in [2.45, 2.75) is 0 Å². The third-order valence-electron chi connectivity index (χ3n) is 2.33. The van der Waals surface area contributed by atoms with E-state index in [-0.39, 0.29) is 11.4 Å². The molecule has 1 aromatic carbocycles. The van der Waals surface area contributed by atoms with Crippen LogP contribution in [0.5, 0.6) is 0 Å². The van der Waals surface area contributed by atoms with Crippen molar-refractivity contribution in [3.63, 3.8) is 0 Å². The molecule has 1 aromatic heterocycles. The van der Waals surface area contributed by atoms with Crippen LogP contribution in [0.25, 0.3) is 0 Å². The van der Waals surface area contributed by atoms with Gasteiger partial charge in [0, 0.05) is 13.1 Å². The third-order valence-corrected chi connectivity index (χ3v) is 2.33. The van der Waals surface area contributed by atoms with Gasteiger partial charge in [0.15, 0.2) is 5.69 Å². The van der Waals surface area contributed by atoms with Crippen molar-refractivity contribution in [2.75, 3.05) is 17.7 Å². The zero-order valence-corrected chi connectivity index (χ0v) is 9.95. The number of hydrogen-bond acceptors (Lipinski definition) is 4. The van der Waals surface area contributed by atoms with Crippen molar-refractivity contribution in [2.24, 2.45) is 0 Å². The minimum absolute atomic E-state index is 0.00246. The van der Waals surface area contributed by atoms with Crippen LogP contribution in [0.3, 0.4) is 0 Å². The van der Waals surface area contributed by atoms with E-state index in [1.807, 2.05) is 0 Å². The quantitative estimate of drug-likeness (QED) is 0.890. The summed E-state index contributed by atoms with van der Waals surface area (Å²) in [5, 5.41) is 12.3. The maximum Gasteiger partial charge on any atom is 0.276 e. The number of carbonyl (C=O) groups excluding carboxylic acids is 1. The number of amides is 1. The van der Waals surface area contributed by atoms with Crippen molar-refractivity contribution in [3.8, 4) is 0 Å². The van der Waals surface area contributed by atoms with Gasteiger partial charge in [-0.15, -0.1) is 10.2 Å².